The molecule has 2 rings (SSSR count). The first kappa shape index (κ1) is 24.7. The van der Waals surface area contributed by atoms with Crippen molar-refractivity contribution in [2.24, 2.45) is 0 Å². The Morgan fingerprint density at radius 3 is 1.81 bits per heavy atom. The molecular weight excluding hydrogens is 466 g/mol. The van der Waals surface area contributed by atoms with Crippen molar-refractivity contribution in [3.8, 4) is 22.6 Å². The summed E-state index contributed by atoms with van der Waals surface area (Å²) >= 11 is 3.54. The van der Waals surface area contributed by atoms with E-state index in [0.717, 1.165) is 0 Å². The zero-order valence-corrected chi connectivity index (χ0v) is 20.3. The second-order valence-corrected chi connectivity index (χ2v) is 7.35. The molecule has 0 saturated heterocycles. The number of ether oxygens (including phenoxy) is 4. The second kappa shape index (κ2) is 11.1. The van der Waals surface area contributed by atoms with E-state index in [-0.39, 0.29) is 24.3 Å². The monoisotopic (exact) mass is 493 g/mol. The SMILES string of the molecule is CCOC(=O)c1c(C)nc(C)c(C(=O)OCC)c1-c1cc(Br)c(OCC)c(OCC)c1. The van der Waals surface area contributed by atoms with Crippen molar-refractivity contribution in [2.45, 2.75) is 41.5 Å². The zero-order chi connectivity index (χ0) is 23.1. The quantitative estimate of drug-likeness (QED) is 0.439. The number of hydrogen-bond acceptors (Lipinski definition) is 7. The Labute approximate surface area is 191 Å². The molecule has 0 atom stereocenters. The second-order valence-electron chi connectivity index (χ2n) is 6.50. The molecule has 0 amide bonds. The van der Waals surface area contributed by atoms with E-state index in [1.54, 1.807) is 39.8 Å². The summed E-state index contributed by atoms with van der Waals surface area (Å²) in [6.45, 7) is 11.9. The summed E-state index contributed by atoms with van der Waals surface area (Å²) in [5, 5.41) is 0. The van der Waals surface area contributed by atoms with Crippen LogP contribution in [0.4, 0.5) is 0 Å². The zero-order valence-electron chi connectivity index (χ0n) is 18.8. The molecule has 2 aromatic rings. The van der Waals surface area contributed by atoms with Crippen LogP contribution in [-0.4, -0.2) is 43.4 Å². The van der Waals surface area contributed by atoms with Crippen LogP contribution >= 0.6 is 15.9 Å². The third-order valence-electron chi connectivity index (χ3n) is 4.40. The number of esters is 2. The van der Waals surface area contributed by atoms with Crippen LogP contribution in [0.3, 0.4) is 0 Å². The summed E-state index contributed by atoms with van der Waals surface area (Å²) in [5.41, 5.74) is 2.33. The van der Waals surface area contributed by atoms with Crippen LogP contribution in [0.1, 0.15) is 59.8 Å². The Morgan fingerprint density at radius 1 is 0.839 bits per heavy atom. The third kappa shape index (κ3) is 5.36. The summed E-state index contributed by atoms with van der Waals surface area (Å²) in [7, 11) is 0. The lowest BCUT2D eigenvalue weighted by Crippen LogP contribution is -2.17. The molecule has 0 bridgehead atoms. The summed E-state index contributed by atoms with van der Waals surface area (Å²) in [6, 6.07) is 3.53. The predicted octanol–water partition coefficient (Wildman–Crippen LogP) is 5.28. The van der Waals surface area contributed by atoms with Gasteiger partial charge in [0, 0.05) is 5.56 Å². The van der Waals surface area contributed by atoms with E-state index in [9.17, 15) is 9.59 Å². The first-order valence-corrected chi connectivity index (χ1v) is 11.0. The Kier molecular flexibility index (Phi) is 8.86. The number of carbonyl (C=O) groups is 2. The van der Waals surface area contributed by atoms with Gasteiger partial charge in [-0.25, -0.2) is 9.59 Å². The summed E-state index contributed by atoms with van der Waals surface area (Å²) in [6.07, 6.45) is 0. The highest BCUT2D eigenvalue weighted by molar-refractivity contribution is 9.10. The minimum atomic E-state index is -0.559. The van der Waals surface area contributed by atoms with E-state index in [1.807, 2.05) is 13.8 Å². The average molecular weight is 494 g/mol. The van der Waals surface area contributed by atoms with Crippen LogP contribution in [0.25, 0.3) is 11.1 Å². The molecule has 0 N–H and O–H groups in total. The fraction of sp³-hybridized carbons (Fsp3) is 0.435. The van der Waals surface area contributed by atoms with Gasteiger partial charge >= 0.3 is 11.9 Å². The fourth-order valence-electron chi connectivity index (χ4n) is 3.30. The lowest BCUT2D eigenvalue weighted by atomic mass is 9.92. The molecule has 0 spiro atoms. The number of halogens is 1. The Hall–Kier alpha value is -2.61. The third-order valence-corrected chi connectivity index (χ3v) is 4.99. The summed E-state index contributed by atoms with van der Waals surface area (Å²) < 4.78 is 22.7. The molecule has 31 heavy (non-hydrogen) atoms. The van der Waals surface area contributed by atoms with Gasteiger partial charge in [0.25, 0.3) is 0 Å². The molecule has 0 fully saturated rings. The lowest BCUT2D eigenvalue weighted by molar-refractivity contribution is 0.0525. The minimum absolute atomic E-state index is 0.192. The molecule has 0 aliphatic rings. The Morgan fingerprint density at radius 2 is 1.35 bits per heavy atom. The van der Waals surface area contributed by atoms with Crippen LogP contribution in [-0.2, 0) is 9.47 Å². The van der Waals surface area contributed by atoms with E-state index < -0.39 is 11.9 Å². The van der Waals surface area contributed by atoms with E-state index >= 15 is 0 Å². The fourth-order valence-corrected chi connectivity index (χ4v) is 3.86. The normalized spacial score (nSPS) is 10.5. The number of aromatic nitrogens is 1. The molecule has 0 unspecified atom stereocenters. The van der Waals surface area contributed by atoms with Gasteiger partial charge in [0.1, 0.15) is 0 Å². The summed E-state index contributed by atoms with van der Waals surface area (Å²) in [4.78, 5) is 30.2. The van der Waals surface area contributed by atoms with Gasteiger partial charge in [-0.1, -0.05) is 0 Å². The van der Waals surface area contributed by atoms with E-state index in [0.29, 0.717) is 51.7 Å². The molecule has 1 heterocycles. The van der Waals surface area contributed by atoms with Crippen molar-refractivity contribution < 1.29 is 28.5 Å². The number of nitrogens with zero attached hydrogens (tertiary/aromatic N) is 1. The van der Waals surface area contributed by atoms with E-state index in [1.165, 1.54) is 0 Å². The van der Waals surface area contributed by atoms with Crippen molar-refractivity contribution >= 4 is 27.9 Å². The molecule has 8 heteroatoms. The van der Waals surface area contributed by atoms with Crippen molar-refractivity contribution in [1.82, 2.24) is 4.98 Å². The number of carbonyl (C=O) groups excluding carboxylic acids is 2. The molecule has 7 nitrogen and oxygen atoms in total. The molecule has 0 aliphatic heterocycles. The topological polar surface area (TPSA) is 84.0 Å². The van der Waals surface area contributed by atoms with Crippen molar-refractivity contribution in [3.05, 3.63) is 39.1 Å². The standard InChI is InChI=1S/C23H28BrNO6/c1-7-28-17-12-15(11-16(24)21(17)29-8-2)20-18(22(26)30-9-3)13(5)25-14(6)19(20)23(27)31-10-4/h11-12H,7-10H2,1-6H3. The number of benzene rings is 1. The first-order chi connectivity index (χ1) is 14.8. The van der Waals surface area contributed by atoms with Gasteiger partial charge < -0.3 is 18.9 Å². The highest BCUT2D eigenvalue weighted by atomic mass is 79.9. The Bertz CT molecular complexity index is 931. The lowest BCUT2D eigenvalue weighted by Gasteiger charge is -2.20. The number of aryl methyl sites for hydroxylation is 2. The van der Waals surface area contributed by atoms with Crippen LogP contribution < -0.4 is 9.47 Å². The van der Waals surface area contributed by atoms with Gasteiger partial charge in [0.2, 0.25) is 0 Å². The van der Waals surface area contributed by atoms with Gasteiger partial charge in [-0.15, -0.1) is 0 Å². The largest absolute Gasteiger partial charge is 0.490 e. The molecule has 0 saturated carbocycles. The van der Waals surface area contributed by atoms with Crippen LogP contribution in [0.15, 0.2) is 16.6 Å². The average Bonchev–Trinajstić information content (AvgIpc) is 2.70. The van der Waals surface area contributed by atoms with Crippen LogP contribution in [0.5, 0.6) is 11.5 Å². The van der Waals surface area contributed by atoms with Crippen molar-refractivity contribution in [3.63, 3.8) is 0 Å². The van der Waals surface area contributed by atoms with Crippen molar-refractivity contribution in [2.75, 3.05) is 26.4 Å². The molecule has 168 valence electrons. The summed E-state index contributed by atoms with van der Waals surface area (Å²) in [5.74, 6) is -0.0801. The molecule has 1 aromatic heterocycles. The predicted molar refractivity (Wildman–Crippen MR) is 121 cm³/mol. The maximum atomic E-state index is 12.9. The molecule has 1 aromatic carbocycles. The number of hydrogen-bond donors (Lipinski definition) is 0. The smallest absolute Gasteiger partial charge is 0.340 e. The molecule has 0 aliphatic carbocycles. The van der Waals surface area contributed by atoms with Crippen molar-refractivity contribution in [1.29, 1.82) is 0 Å². The molecular formula is C23H28BrNO6. The van der Waals surface area contributed by atoms with Crippen LogP contribution in [0, 0.1) is 13.8 Å². The van der Waals surface area contributed by atoms with Crippen LogP contribution in [0.2, 0.25) is 0 Å². The van der Waals surface area contributed by atoms with Gasteiger partial charge in [0.15, 0.2) is 11.5 Å². The van der Waals surface area contributed by atoms with E-state index in [4.69, 9.17) is 18.9 Å². The van der Waals surface area contributed by atoms with Gasteiger partial charge in [0.05, 0.1) is 53.4 Å². The maximum absolute atomic E-state index is 12.9. The Balaban J connectivity index is 2.93. The highest BCUT2D eigenvalue weighted by Crippen LogP contribution is 2.42. The van der Waals surface area contributed by atoms with Gasteiger partial charge in [-0.2, -0.15) is 0 Å². The number of rotatable bonds is 9. The van der Waals surface area contributed by atoms with Gasteiger partial charge in [-0.3, -0.25) is 4.98 Å². The number of pyridine rings is 1. The minimum Gasteiger partial charge on any atom is -0.490 e. The van der Waals surface area contributed by atoms with E-state index in [2.05, 4.69) is 20.9 Å². The maximum Gasteiger partial charge on any atom is 0.340 e. The highest BCUT2D eigenvalue weighted by Gasteiger charge is 2.29. The first-order valence-electron chi connectivity index (χ1n) is 10.2. The molecule has 0 radical (unpaired) electrons. The van der Waals surface area contributed by atoms with Gasteiger partial charge in [-0.05, 0) is 75.2 Å².